The normalized spacial score (nSPS) is 12.6. The van der Waals surface area contributed by atoms with E-state index in [-0.39, 0.29) is 6.04 Å². The highest BCUT2D eigenvalue weighted by Crippen LogP contribution is 2.20. The first-order chi connectivity index (χ1) is 7.42. The molecule has 0 aliphatic carbocycles. The Morgan fingerprint density at radius 3 is 2.93 bits per heavy atom. The van der Waals surface area contributed by atoms with Gasteiger partial charge in [-0.3, -0.25) is 9.97 Å². The zero-order valence-corrected chi connectivity index (χ0v) is 9.11. The molecule has 2 rings (SSSR count). The summed E-state index contributed by atoms with van der Waals surface area (Å²) in [5, 5.41) is 7.16. The summed E-state index contributed by atoms with van der Waals surface area (Å²) >= 11 is 1.37. The molecule has 0 saturated carbocycles. The molecule has 2 heterocycles. The second kappa shape index (κ2) is 4.90. The van der Waals surface area contributed by atoms with Crippen molar-refractivity contribution in [3.63, 3.8) is 0 Å². The van der Waals surface area contributed by atoms with Gasteiger partial charge >= 0.3 is 0 Å². The molecule has 0 fully saturated rings. The van der Waals surface area contributed by atoms with E-state index in [9.17, 15) is 0 Å². The first kappa shape index (κ1) is 10.1. The molecule has 2 aromatic rings. The molecule has 0 aliphatic rings. The van der Waals surface area contributed by atoms with Gasteiger partial charge in [-0.05, 0) is 18.1 Å². The second-order valence-electron chi connectivity index (χ2n) is 2.94. The van der Waals surface area contributed by atoms with E-state index in [1.807, 2.05) is 0 Å². The van der Waals surface area contributed by atoms with Gasteiger partial charge < -0.3 is 5.32 Å². The Hall–Kier alpha value is -1.40. The molecule has 0 spiro atoms. The predicted octanol–water partition coefficient (Wildman–Crippen LogP) is 1.03. The lowest BCUT2D eigenvalue weighted by Crippen LogP contribution is -2.22. The largest absolute Gasteiger partial charge is 0.304 e. The van der Waals surface area contributed by atoms with Gasteiger partial charge in [0.15, 0.2) is 0 Å². The number of hydrogen-bond donors (Lipinski definition) is 1. The molecule has 2 aromatic heterocycles. The van der Waals surface area contributed by atoms with Gasteiger partial charge in [0.2, 0.25) is 0 Å². The zero-order chi connectivity index (χ0) is 10.5. The van der Waals surface area contributed by atoms with Crippen LogP contribution in [0.25, 0.3) is 0 Å². The molecule has 1 N–H and O–H groups in total. The number of nitrogens with one attached hydrogen (secondary N) is 1. The SMILES string of the molecule is CCNC(c1cnccn1)c1cnns1. The standard InChI is InChI=1S/C9H11N5S/c1-2-11-9(8-6-13-14-15-8)7-5-10-3-4-12-7/h3-6,9,11H,2H2,1H3. The van der Waals surface area contributed by atoms with Crippen molar-refractivity contribution in [1.82, 2.24) is 24.9 Å². The van der Waals surface area contributed by atoms with Crippen molar-refractivity contribution in [2.45, 2.75) is 13.0 Å². The maximum absolute atomic E-state index is 4.28. The molecule has 0 radical (unpaired) electrons. The molecule has 0 amide bonds. The average Bonchev–Trinajstić information content (AvgIpc) is 2.80. The Labute approximate surface area is 91.8 Å². The summed E-state index contributed by atoms with van der Waals surface area (Å²) < 4.78 is 3.85. The Balaban J connectivity index is 2.28. The fraction of sp³-hybridized carbons (Fsp3) is 0.333. The number of hydrogen-bond acceptors (Lipinski definition) is 6. The summed E-state index contributed by atoms with van der Waals surface area (Å²) in [5.41, 5.74) is 0.894. The zero-order valence-electron chi connectivity index (χ0n) is 8.29. The van der Waals surface area contributed by atoms with Crippen molar-refractivity contribution >= 4 is 11.5 Å². The van der Waals surface area contributed by atoms with Crippen LogP contribution in [0.2, 0.25) is 0 Å². The number of aromatic nitrogens is 4. The Morgan fingerprint density at radius 2 is 2.33 bits per heavy atom. The highest BCUT2D eigenvalue weighted by Gasteiger charge is 2.16. The van der Waals surface area contributed by atoms with Gasteiger partial charge in [0.25, 0.3) is 0 Å². The van der Waals surface area contributed by atoms with Crippen LogP contribution in [0.3, 0.4) is 0 Å². The fourth-order valence-corrected chi connectivity index (χ4v) is 1.91. The highest BCUT2D eigenvalue weighted by molar-refractivity contribution is 7.05. The number of nitrogens with zero attached hydrogens (tertiary/aromatic N) is 4. The van der Waals surface area contributed by atoms with Gasteiger partial charge in [0.1, 0.15) is 0 Å². The van der Waals surface area contributed by atoms with E-state index >= 15 is 0 Å². The van der Waals surface area contributed by atoms with E-state index in [4.69, 9.17) is 0 Å². The third-order valence-corrected chi connectivity index (χ3v) is 2.68. The molecule has 0 aromatic carbocycles. The maximum atomic E-state index is 4.28. The van der Waals surface area contributed by atoms with Crippen LogP contribution >= 0.6 is 11.5 Å². The minimum atomic E-state index is 0.0451. The summed E-state index contributed by atoms with van der Waals surface area (Å²) in [6, 6.07) is 0.0451. The van der Waals surface area contributed by atoms with E-state index in [0.29, 0.717) is 0 Å². The lowest BCUT2D eigenvalue weighted by Gasteiger charge is -2.13. The van der Waals surface area contributed by atoms with Crippen molar-refractivity contribution in [3.05, 3.63) is 35.4 Å². The fourth-order valence-electron chi connectivity index (χ4n) is 1.32. The van der Waals surface area contributed by atoms with E-state index < -0.39 is 0 Å². The van der Waals surface area contributed by atoms with Crippen LogP contribution < -0.4 is 5.32 Å². The smallest absolute Gasteiger partial charge is 0.0893 e. The summed E-state index contributed by atoms with van der Waals surface area (Å²) in [4.78, 5) is 9.39. The molecule has 0 aliphatic heterocycles. The molecular weight excluding hydrogens is 210 g/mol. The highest BCUT2D eigenvalue weighted by atomic mass is 32.1. The lowest BCUT2D eigenvalue weighted by molar-refractivity contribution is 0.620. The molecule has 1 unspecified atom stereocenters. The van der Waals surface area contributed by atoms with Crippen LogP contribution in [0, 0.1) is 0 Å². The minimum absolute atomic E-state index is 0.0451. The van der Waals surface area contributed by atoms with Gasteiger partial charge in [-0.15, -0.1) is 5.10 Å². The van der Waals surface area contributed by atoms with Crippen LogP contribution in [0.4, 0.5) is 0 Å². The molecule has 5 nitrogen and oxygen atoms in total. The first-order valence-corrected chi connectivity index (χ1v) is 5.45. The predicted molar refractivity (Wildman–Crippen MR) is 57.5 cm³/mol. The van der Waals surface area contributed by atoms with E-state index in [1.165, 1.54) is 11.5 Å². The van der Waals surface area contributed by atoms with Crippen molar-refractivity contribution < 1.29 is 0 Å². The molecular formula is C9H11N5S. The van der Waals surface area contributed by atoms with Gasteiger partial charge in [-0.25, -0.2) is 0 Å². The van der Waals surface area contributed by atoms with Crippen molar-refractivity contribution in [1.29, 1.82) is 0 Å². The third kappa shape index (κ3) is 2.34. The topological polar surface area (TPSA) is 63.6 Å². The molecule has 1 atom stereocenters. The second-order valence-corrected chi connectivity index (χ2v) is 3.76. The van der Waals surface area contributed by atoms with Gasteiger partial charge in [0.05, 0.1) is 29.0 Å². The van der Waals surface area contributed by atoms with Crippen molar-refractivity contribution in [3.8, 4) is 0 Å². The Bertz CT molecular complexity index is 388. The van der Waals surface area contributed by atoms with E-state index in [2.05, 4.69) is 31.8 Å². The molecule has 0 saturated heterocycles. The Kier molecular flexibility index (Phi) is 3.31. The Morgan fingerprint density at radius 1 is 1.40 bits per heavy atom. The molecule has 0 bridgehead atoms. The average molecular weight is 221 g/mol. The third-order valence-electron chi connectivity index (χ3n) is 1.95. The van der Waals surface area contributed by atoms with Crippen LogP contribution in [0.15, 0.2) is 24.8 Å². The first-order valence-electron chi connectivity index (χ1n) is 4.68. The molecule has 6 heteroatoms. The molecule has 78 valence electrons. The van der Waals surface area contributed by atoms with Crippen molar-refractivity contribution in [2.75, 3.05) is 6.54 Å². The summed E-state index contributed by atoms with van der Waals surface area (Å²) in [5.74, 6) is 0. The lowest BCUT2D eigenvalue weighted by atomic mass is 10.2. The van der Waals surface area contributed by atoms with Crippen LogP contribution in [-0.4, -0.2) is 26.1 Å². The number of rotatable bonds is 4. The van der Waals surface area contributed by atoms with Gasteiger partial charge in [0, 0.05) is 12.4 Å². The van der Waals surface area contributed by atoms with Gasteiger partial charge in [-0.1, -0.05) is 11.4 Å². The van der Waals surface area contributed by atoms with Crippen molar-refractivity contribution in [2.24, 2.45) is 0 Å². The van der Waals surface area contributed by atoms with Crippen LogP contribution in [-0.2, 0) is 0 Å². The van der Waals surface area contributed by atoms with Crippen LogP contribution in [0.5, 0.6) is 0 Å². The monoisotopic (exact) mass is 221 g/mol. The van der Waals surface area contributed by atoms with Gasteiger partial charge in [-0.2, -0.15) is 0 Å². The quantitative estimate of drug-likeness (QED) is 0.835. The minimum Gasteiger partial charge on any atom is -0.304 e. The maximum Gasteiger partial charge on any atom is 0.0893 e. The molecule has 15 heavy (non-hydrogen) atoms. The summed E-state index contributed by atoms with van der Waals surface area (Å²) in [7, 11) is 0. The summed E-state index contributed by atoms with van der Waals surface area (Å²) in [6.45, 7) is 2.91. The van der Waals surface area contributed by atoms with E-state index in [0.717, 1.165) is 17.1 Å². The summed E-state index contributed by atoms with van der Waals surface area (Å²) in [6.07, 6.45) is 6.87. The van der Waals surface area contributed by atoms with E-state index in [1.54, 1.807) is 24.8 Å². The van der Waals surface area contributed by atoms with Crippen LogP contribution in [0.1, 0.15) is 23.5 Å².